The highest BCUT2D eigenvalue weighted by Gasteiger charge is 2.64. The molecule has 108 valence electrons. The molecule has 0 radical (unpaired) electrons. The molecule has 3 saturated heterocycles. The summed E-state index contributed by atoms with van der Waals surface area (Å²) in [5, 5.41) is 0. The molecule has 0 aromatic carbocycles. The highest BCUT2D eigenvalue weighted by atomic mass is 15.4. The molecule has 0 bridgehead atoms. The predicted molar refractivity (Wildman–Crippen MR) is 78.2 cm³/mol. The molecule has 1 saturated carbocycles. The van der Waals surface area contributed by atoms with Crippen molar-refractivity contribution in [1.29, 1.82) is 0 Å². The molecule has 4 aliphatic rings. The molecule has 3 heteroatoms. The SMILES string of the molecule is CC(C)N1CC2C(C1)C2N1CC2(CN(C(C)C)C2)C1. The minimum absolute atomic E-state index is 0.707. The van der Waals surface area contributed by atoms with Gasteiger partial charge in [0, 0.05) is 62.8 Å². The Labute approximate surface area is 117 Å². The summed E-state index contributed by atoms with van der Waals surface area (Å²) in [6, 6.07) is 2.47. The van der Waals surface area contributed by atoms with Crippen molar-refractivity contribution in [3.05, 3.63) is 0 Å². The smallest absolute Gasteiger partial charge is 0.0212 e. The van der Waals surface area contributed by atoms with Crippen LogP contribution >= 0.6 is 0 Å². The minimum Gasteiger partial charge on any atom is -0.300 e. The van der Waals surface area contributed by atoms with E-state index >= 15 is 0 Å². The van der Waals surface area contributed by atoms with Crippen LogP contribution in [-0.2, 0) is 0 Å². The van der Waals surface area contributed by atoms with Gasteiger partial charge in [0.15, 0.2) is 0 Å². The van der Waals surface area contributed by atoms with Gasteiger partial charge in [0.25, 0.3) is 0 Å². The quantitative estimate of drug-likeness (QED) is 0.761. The van der Waals surface area contributed by atoms with E-state index in [2.05, 4.69) is 42.4 Å². The zero-order valence-corrected chi connectivity index (χ0v) is 13.0. The lowest BCUT2D eigenvalue weighted by molar-refractivity contribution is -0.132. The summed E-state index contributed by atoms with van der Waals surface area (Å²) in [6.07, 6.45) is 0. The fourth-order valence-corrected chi connectivity index (χ4v) is 4.90. The van der Waals surface area contributed by atoms with Crippen molar-refractivity contribution < 1.29 is 0 Å². The molecule has 19 heavy (non-hydrogen) atoms. The second-order valence-corrected chi connectivity index (χ2v) is 8.27. The summed E-state index contributed by atoms with van der Waals surface area (Å²) >= 11 is 0. The summed E-state index contributed by atoms with van der Waals surface area (Å²) in [7, 11) is 0. The van der Waals surface area contributed by atoms with Crippen molar-refractivity contribution in [2.24, 2.45) is 17.3 Å². The Morgan fingerprint density at radius 1 is 0.789 bits per heavy atom. The minimum atomic E-state index is 0.707. The van der Waals surface area contributed by atoms with Gasteiger partial charge in [-0.15, -0.1) is 0 Å². The highest BCUT2D eigenvalue weighted by molar-refractivity contribution is 5.17. The van der Waals surface area contributed by atoms with Crippen LogP contribution in [0.15, 0.2) is 0 Å². The molecule has 0 aromatic rings. The van der Waals surface area contributed by atoms with Gasteiger partial charge in [-0.25, -0.2) is 0 Å². The number of rotatable bonds is 3. The molecule has 1 aliphatic carbocycles. The lowest BCUT2D eigenvalue weighted by atomic mass is 9.72. The number of fused-ring (bicyclic) bond motifs is 1. The zero-order valence-electron chi connectivity index (χ0n) is 13.0. The van der Waals surface area contributed by atoms with Crippen LogP contribution < -0.4 is 0 Å². The topological polar surface area (TPSA) is 9.72 Å². The average molecular weight is 263 g/mol. The van der Waals surface area contributed by atoms with Gasteiger partial charge >= 0.3 is 0 Å². The van der Waals surface area contributed by atoms with Gasteiger partial charge in [0.2, 0.25) is 0 Å². The fourth-order valence-electron chi connectivity index (χ4n) is 4.90. The molecule has 3 heterocycles. The Morgan fingerprint density at radius 2 is 1.32 bits per heavy atom. The first-order valence-corrected chi connectivity index (χ1v) is 8.21. The monoisotopic (exact) mass is 263 g/mol. The van der Waals surface area contributed by atoms with E-state index in [4.69, 9.17) is 0 Å². The van der Waals surface area contributed by atoms with Crippen LogP contribution in [0.4, 0.5) is 0 Å². The number of hydrogen-bond donors (Lipinski definition) is 0. The molecule has 3 nitrogen and oxygen atoms in total. The standard InChI is InChI=1S/C16H29N3/c1-11(2)17-5-13-14(6-17)15(13)19-9-16(10-19)7-18(8-16)12(3)4/h11-15H,5-10H2,1-4H3. The Kier molecular flexibility index (Phi) is 2.63. The van der Waals surface area contributed by atoms with E-state index < -0.39 is 0 Å². The van der Waals surface area contributed by atoms with E-state index in [9.17, 15) is 0 Å². The first-order valence-electron chi connectivity index (χ1n) is 8.21. The van der Waals surface area contributed by atoms with Crippen LogP contribution in [0.1, 0.15) is 27.7 Å². The predicted octanol–water partition coefficient (Wildman–Crippen LogP) is 1.35. The van der Waals surface area contributed by atoms with Gasteiger partial charge in [-0.2, -0.15) is 0 Å². The number of likely N-dealkylation sites (tertiary alicyclic amines) is 3. The maximum Gasteiger partial charge on any atom is 0.0212 e. The molecule has 3 aliphatic heterocycles. The van der Waals surface area contributed by atoms with Crippen molar-refractivity contribution in [2.45, 2.75) is 45.8 Å². The summed E-state index contributed by atoms with van der Waals surface area (Å²) < 4.78 is 0. The van der Waals surface area contributed by atoms with E-state index in [1.165, 1.54) is 39.3 Å². The van der Waals surface area contributed by atoms with Crippen LogP contribution in [0.5, 0.6) is 0 Å². The third kappa shape index (κ3) is 1.81. The van der Waals surface area contributed by atoms with E-state index in [0.717, 1.165) is 30.0 Å². The van der Waals surface area contributed by atoms with Crippen molar-refractivity contribution in [3.8, 4) is 0 Å². The third-order valence-electron chi connectivity index (χ3n) is 6.21. The van der Waals surface area contributed by atoms with E-state index in [0.29, 0.717) is 5.41 Å². The lowest BCUT2D eigenvalue weighted by Crippen LogP contribution is -2.73. The van der Waals surface area contributed by atoms with E-state index in [1.807, 2.05) is 0 Å². The summed E-state index contributed by atoms with van der Waals surface area (Å²) in [4.78, 5) is 8.11. The van der Waals surface area contributed by atoms with Crippen LogP contribution in [0, 0.1) is 17.3 Å². The van der Waals surface area contributed by atoms with Crippen LogP contribution in [0.25, 0.3) is 0 Å². The van der Waals surface area contributed by atoms with Crippen molar-refractivity contribution in [3.63, 3.8) is 0 Å². The van der Waals surface area contributed by atoms with Gasteiger partial charge < -0.3 is 4.90 Å². The van der Waals surface area contributed by atoms with E-state index in [1.54, 1.807) is 0 Å². The molecule has 2 unspecified atom stereocenters. The van der Waals surface area contributed by atoms with Crippen LogP contribution in [0.2, 0.25) is 0 Å². The summed E-state index contributed by atoms with van der Waals surface area (Å²) in [6.45, 7) is 17.6. The largest absolute Gasteiger partial charge is 0.300 e. The third-order valence-corrected chi connectivity index (χ3v) is 6.21. The Morgan fingerprint density at radius 3 is 1.79 bits per heavy atom. The molecule has 2 atom stereocenters. The Hall–Kier alpha value is -0.120. The van der Waals surface area contributed by atoms with Gasteiger partial charge in [0.05, 0.1) is 0 Å². The van der Waals surface area contributed by atoms with Crippen molar-refractivity contribution in [2.75, 3.05) is 39.3 Å². The molecular formula is C16H29N3. The lowest BCUT2D eigenvalue weighted by Gasteiger charge is -2.62. The molecule has 0 N–H and O–H groups in total. The van der Waals surface area contributed by atoms with Gasteiger partial charge in [-0.05, 0) is 39.5 Å². The zero-order chi connectivity index (χ0) is 13.4. The molecule has 4 rings (SSSR count). The molecular weight excluding hydrogens is 234 g/mol. The maximum atomic E-state index is 2.81. The van der Waals surface area contributed by atoms with Crippen molar-refractivity contribution >= 4 is 0 Å². The molecule has 0 aromatic heterocycles. The van der Waals surface area contributed by atoms with E-state index in [-0.39, 0.29) is 0 Å². The second-order valence-electron chi connectivity index (χ2n) is 8.27. The Bertz CT molecular complexity index is 352. The molecule has 0 amide bonds. The van der Waals surface area contributed by atoms with Gasteiger partial charge in [-0.1, -0.05) is 0 Å². The Balaban J connectivity index is 1.25. The van der Waals surface area contributed by atoms with Gasteiger partial charge in [0.1, 0.15) is 0 Å². The van der Waals surface area contributed by atoms with Crippen LogP contribution in [-0.4, -0.2) is 72.1 Å². The highest BCUT2D eigenvalue weighted by Crippen LogP contribution is 2.54. The first-order chi connectivity index (χ1) is 8.99. The average Bonchev–Trinajstić information content (AvgIpc) is 2.69. The number of nitrogens with zero attached hydrogens (tertiary/aromatic N) is 3. The normalized spacial score (nSPS) is 41.7. The van der Waals surface area contributed by atoms with Crippen LogP contribution in [0.3, 0.4) is 0 Å². The number of hydrogen-bond acceptors (Lipinski definition) is 3. The second kappa shape index (κ2) is 3.96. The summed E-state index contributed by atoms with van der Waals surface area (Å²) in [5.74, 6) is 2.03. The first kappa shape index (κ1) is 12.6. The fraction of sp³-hybridized carbons (Fsp3) is 1.00. The summed E-state index contributed by atoms with van der Waals surface area (Å²) in [5.41, 5.74) is 0.707. The molecule has 1 spiro atoms. The molecule has 4 fully saturated rings. The maximum absolute atomic E-state index is 2.81. The van der Waals surface area contributed by atoms with Gasteiger partial charge in [-0.3, -0.25) is 9.80 Å². The van der Waals surface area contributed by atoms with Crippen molar-refractivity contribution in [1.82, 2.24) is 14.7 Å². The number of piperidine rings is 1.